The van der Waals surface area contributed by atoms with Crippen LogP contribution in [0.15, 0.2) is 23.3 Å². The van der Waals surface area contributed by atoms with Gasteiger partial charge in [0.2, 0.25) is 0 Å². The lowest BCUT2D eigenvalue weighted by Crippen LogP contribution is -1.97. The van der Waals surface area contributed by atoms with Crippen LogP contribution in [-0.2, 0) is 0 Å². The molecule has 1 aromatic carbocycles. The van der Waals surface area contributed by atoms with Crippen LogP contribution < -0.4 is 0 Å². The van der Waals surface area contributed by atoms with Crippen LogP contribution in [-0.4, -0.2) is 5.91 Å². The number of carbonyl (C=O) groups is 1. The predicted octanol–water partition coefficient (Wildman–Crippen LogP) is 2.93. The molecule has 0 heterocycles. The molecule has 1 aromatic rings. The highest BCUT2D eigenvalue weighted by Gasteiger charge is 2.09. The highest BCUT2D eigenvalue weighted by molar-refractivity contribution is 6.30. The summed E-state index contributed by atoms with van der Waals surface area (Å²) in [5, 5.41) is 2.92. The van der Waals surface area contributed by atoms with Gasteiger partial charge in [-0.15, -0.1) is 0 Å². The zero-order valence-electron chi connectivity index (χ0n) is 6.24. The Kier molecular flexibility index (Phi) is 2.84. The zero-order chi connectivity index (χ0) is 9.84. The van der Waals surface area contributed by atoms with Crippen molar-refractivity contribution >= 4 is 17.5 Å². The molecule has 0 aromatic heterocycles. The van der Waals surface area contributed by atoms with Crippen LogP contribution in [0.2, 0.25) is 5.02 Å². The molecule has 0 atom stereocenters. The third kappa shape index (κ3) is 2.18. The van der Waals surface area contributed by atoms with Gasteiger partial charge in [-0.1, -0.05) is 11.6 Å². The first-order valence-corrected chi connectivity index (χ1v) is 3.57. The van der Waals surface area contributed by atoms with Gasteiger partial charge in [0.1, 0.15) is 5.82 Å². The Labute approximate surface area is 77.6 Å². The number of carbonyl (C=O) groups excluding carboxylic acids is 1. The summed E-state index contributed by atoms with van der Waals surface area (Å²) < 4.78 is 12.9. The van der Waals surface area contributed by atoms with Crippen LogP contribution in [0.5, 0.6) is 0 Å². The maximum Gasteiger partial charge on any atom is 0.252 e. The fourth-order valence-corrected chi connectivity index (χ4v) is 0.916. The van der Waals surface area contributed by atoms with Crippen molar-refractivity contribution < 1.29 is 9.18 Å². The Morgan fingerprint density at radius 1 is 1.62 bits per heavy atom. The van der Waals surface area contributed by atoms with Gasteiger partial charge in [0, 0.05) is 9.93 Å². The average molecular weight is 200 g/mol. The number of benzene rings is 1. The van der Waals surface area contributed by atoms with Gasteiger partial charge >= 0.3 is 0 Å². The summed E-state index contributed by atoms with van der Waals surface area (Å²) in [6.07, 6.45) is 0. The smallest absolute Gasteiger partial charge is 0.252 e. The first-order valence-electron chi connectivity index (χ1n) is 3.19. The maximum atomic E-state index is 12.9. The lowest BCUT2D eigenvalue weighted by Gasteiger charge is -1.96. The van der Waals surface area contributed by atoms with E-state index in [1.807, 2.05) is 0 Å². The van der Waals surface area contributed by atoms with Crippen LogP contribution in [0.25, 0.3) is 10.4 Å². The molecule has 4 nitrogen and oxygen atoms in total. The molecule has 0 saturated carbocycles. The molecular formula is C7H3ClFN3O. The number of rotatable bonds is 1. The largest absolute Gasteiger partial charge is 0.287 e. The molecule has 0 unspecified atom stereocenters. The number of hydrogen-bond donors (Lipinski definition) is 0. The second-order valence-electron chi connectivity index (χ2n) is 2.12. The van der Waals surface area contributed by atoms with E-state index in [1.165, 1.54) is 6.07 Å². The maximum absolute atomic E-state index is 12.9. The Bertz CT molecular complexity index is 401. The molecule has 1 rings (SSSR count). The minimum atomic E-state index is -0.961. The fraction of sp³-hybridized carbons (Fsp3) is 0. The van der Waals surface area contributed by atoms with Gasteiger partial charge in [0.05, 0.1) is 5.56 Å². The van der Waals surface area contributed by atoms with Gasteiger partial charge in [-0.05, 0) is 28.8 Å². The number of halogens is 2. The summed E-state index contributed by atoms with van der Waals surface area (Å²) in [5.41, 5.74) is 7.64. The molecule has 0 spiro atoms. The molecule has 0 saturated heterocycles. The van der Waals surface area contributed by atoms with Gasteiger partial charge in [0.25, 0.3) is 5.91 Å². The second-order valence-corrected chi connectivity index (χ2v) is 2.56. The first kappa shape index (κ1) is 9.51. The SMILES string of the molecule is [N-]=[N+]=NC(=O)c1ccc(Cl)cc1F. The van der Waals surface area contributed by atoms with E-state index >= 15 is 0 Å². The molecule has 0 aliphatic rings. The van der Waals surface area contributed by atoms with Crippen molar-refractivity contribution in [2.24, 2.45) is 5.11 Å². The molecule has 1 amide bonds. The van der Waals surface area contributed by atoms with Crippen molar-refractivity contribution in [3.63, 3.8) is 0 Å². The topological polar surface area (TPSA) is 65.8 Å². The monoisotopic (exact) mass is 199 g/mol. The van der Waals surface area contributed by atoms with Crippen molar-refractivity contribution in [1.29, 1.82) is 0 Å². The van der Waals surface area contributed by atoms with Gasteiger partial charge in [0.15, 0.2) is 0 Å². The van der Waals surface area contributed by atoms with Crippen LogP contribution in [0.4, 0.5) is 4.39 Å². The molecule has 0 bridgehead atoms. The van der Waals surface area contributed by atoms with E-state index < -0.39 is 11.7 Å². The molecule has 0 fully saturated rings. The standard InChI is InChI=1S/C7H3ClFN3O/c8-4-1-2-5(6(9)3-4)7(13)11-12-10/h1-3H. The lowest BCUT2D eigenvalue weighted by atomic mass is 10.2. The van der Waals surface area contributed by atoms with E-state index in [-0.39, 0.29) is 10.6 Å². The van der Waals surface area contributed by atoms with E-state index in [9.17, 15) is 9.18 Å². The van der Waals surface area contributed by atoms with Crippen molar-refractivity contribution in [1.82, 2.24) is 0 Å². The third-order valence-corrected chi connectivity index (χ3v) is 1.53. The van der Waals surface area contributed by atoms with Crippen molar-refractivity contribution in [3.8, 4) is 0 Å². The summed E-state index contributed by atoms with van der Waals surface area (Å²) in [6.45, 7) is 0. The molecule has 13 heavy (non-hydrogen) atoms. The van der Waals surface area contributed by atoms with Gasteiger partial charge < -0.3 is 0 Å². The minimum Gasteiger partial charge on any atom is -0.287 e. The Morgan fingerprint density at radius 2 is 2.31 bits per heavy atom. The summed E-state index contributed by atoms with van der Waals surface area (Å²) >= 11 is 5.44. The molecular weight excluding hydrogens is 197 g/mol. The van der Waals surface area contributed by atoms with Crippen molar-refractivity contribution in [2.45, 2.75) is 0 Å². The van der Waals surface area contributed by atoms with Crippen LogP contribution in [0, 0.1) is 5.82 Å². The molecule has 6 heteroatoms. The van der Waals surface area contributed by atoms with Crippen molar-refractivity contribution in [3.05, 3.63) is 45.0 Å². The fourth-order valence-electron chi connectivity index (χ4n) is 0.757. The zero-order valence-corrected chi connectivity index (χ0v) is 6.99. The Balaban J connectivity index is 3.16. The number of azide groups is 1. The molecule has 0 aliphatic heterocycles. The normalized spacial score (nSPS) is 9.08. The molecule has 0 N–H and O–H groups in total. The minimum absolute atomic E-state index is 0.176. The number of amides is 1. The van der Waals surface area contributed by atoms with Crippen LogP contribution in [0.1, 0.15) is 10.4 Å². The van der Waals surface area contributed by atoms with Crippen LogP contribution in [0.3, 0.4) is 0 Å². The quantitative estimate of drug-likeness (QED) is 0.390. The average Bonchev–Trinajstić information content (AvgIpc) is 2.04. The summed E-state index contributed by atoms with van der Waals surface area (Å²) in [7, 11) is 0. The first-order chi connectivity index (χ1) is 6.15. The van der Waals surface area contributed by atoms with Crippen molar-refractivity contribution in [2.75, 3.05) is 0 Å². The summed E-state index contributed by atoms with van der Waals surface area (Å²) in [4.78, 5) is 13.1. The highest BCUT2D eigenvalue weighted by atomic mass is 35.5. The van der Waals surface area contributed by atoms with E-state index in [1.54, 1.807) is 0 Å². The van der Waals surface area contributed by atoms with E-state index in [0.717, 1.165) is 12.1 Å². The summed E-state index contributed by atoms with van der Waals surface area (Å²) in [6, 6.07) is 3.47. The Morgan fingerprint density at radius 3 is 2.85 bits per heavy atom. The summed E-state index contributed by atoms with van der Waals surface area (Å²) in [5.74, 6) is -1.76. The molecule has 0 aliphatic carbocycles. The highest BCUT2D eigenvalue weighted by Crippen LogP contribution is 2.15. The van der Waals surface area contributed by atoms with E-state index in [2.05, 4.69) is 10.0 Å². The number of hydrogen-bond acceptors (Lipinski definition) is 1. The van der Waals surface area contributed by atoms with E-state index in [4.69, 9.17) is 17.1 Å². The van der Waals surface area contributed by atoms with E-state index in [0.29, 0.717) is 0 Å². The molecule has 66 valence electrons. The second kappa shape index (κ2) is 3.89. The van der Waals surface area contributed by atoms with Gasteiger partial charge in [-0.2, -0.15) is 0 Å². The van der Waals surface area contributed by atoms with Gasteiger partial charge in [-0.3, -0.25) is 4.79 Å². The third-order valence-electron chi connectivity index (χ3n) is 1.30. The molecule has 0 radical (unpaired) electrons. The lowest BCUT2D eigenvalue weighted by molar-refractivity contribution is 0.0996. The number of nitrogens with zero attached hydrogens (tertiary/aromatic N) is 3. The van der Waals surface area contributed by atoms with Crippen LogP contribution >= 0.6 is 11.6 Å². The van der Waals surface area contributed by atoms with Gasteiger partial charge in [-0.25, -0.2) is 4.39 Å². The Hall–Kier alpha value is -1.58. The predicted molar refractivity (Wildman–Crippen MR) is 44.9 cm³/mol.